The molecule has 0 radical (unpaired) electrons. The molecule has 4 heterocycles. The molecule has 2 atom stereocenters. The average Bonchev–Trinajstić information content (AvgIpc) is 3.43. The van der Waals surface area contributed by atoms with Crippen molar-refractivity contribution in [1.29, 1.82) is 0 Å². The van der Waals surface area contributed by atoms with Gasteiger partial charge in [-0.2, -0.15) is 5.10 Å². The van der Waals surface area contributed by atoms with E-state index in [4.69, 9.17) is 4.98 Å². The molecule has 36 heavy (non-hydrogen) atoms. The number of benzene rings is 1. The molecular weight excluding hydrogens is 460 g/mol. The summed E-state index contributed by atoms with van der Waals surface area (Å²) in [7, 11) is 10.2. The zero-order valence-electron chi connectivity index (χ0n) is 21.2. The Morgan fingerprint density at radius 1 is 1.17 bits per heavy atom. The van der Waals surface area contributed by atoms with Crippen LogP contribution in [-0.4, -0.2) is 94.4 Å². The molecule has 182 valence electrons. The second-order valence-electron chi connectivity index (χ2n) is 11.3. The van der Waals surface area contributed by atoms with Crippen LogP contribution in [0.3, 0.4) is 0 Å². The summed E-state index contributed by atoms with van der Waals surface area (Å²) in [5, 5.41) is 16.0. The van der Waals surface area contributed by atoms with Crippen molar-refractivity contribution < 1.29 is 18.7 Å². The van der Waals surface area contributed by atoms with Crippen molar-refractivity contribution >= 4 is 62.4 Å². The van der Waals surface area contributed by atoms with Gasteiger partial charge in [0.1, 0.15) is 62.4 Å². The van der Waals surface area contributed by atoms with Crippen molar-refractivity contribution in [2.24, 2.45) is 0 Å². The summed E-state index contributed by atoms with van der Waals surface area (Å²) >= 11 is 0. The monoisotopic (exact) mass is 488 g/mol. The number of aliphatic hydroxyl groups is 1. The topological polar surface area (TPSA) is 86.0 Å². The molecule has 2 saturated heterocycles. The molecule has 0 aliphatic carbocycles. The molecule has 2 aliphatic rings. The molecule has 2 fully saturated rings. The van der Waals surface area contributed by atoms with E-state index in [1.807, 2.05) is 7.85 Å². The number of nitrogens with one attached hydrogen (secondary N) is 1. The van der Waals surface area contributed by atoms with Gasteiger partial charge in [0.25, 0.3) is 0 Å². The highest BCUT2D eigenvalue weighted by Gasteiger charge is 2.59. The number of carbonyl (C=O) groups is 1. The van der Waals surface area contributed by atoms with Crippen LogP contribution < -0.4 is 10.2 Å². The number of β-amino-alcohol motifs (C(OH)–C–C–N with tert-alkyl or cyclic N) is 1. The van der Waals surface area contributed by atoms with Crippen molar-refractivity contribution in [2.45, 2.75) is 34.9 Å². The number of aromatic nitrogens is 3. The summed E-state index contributed by atoms with van der Waals surface area (Å²) in [6, 6.07) is 5.05. The van der Waals surface area contributed by atoms with Gasteiger partial charge in [-0.3, -0.25) is 0 Å². The number of carbonyl (C=O) groups excluding carboxylic acids is 1. The van der Waals surface area contributed by atoms with Gasteiger partial charge >= 0.3 is 6.03 Å². The molecular formula is C21H27B5F2N6O2. The number of rotatable bonds is 3. The summed E-state index contributed by atoms with van der Waals surface area (Å²) in [6.07, 6.45) is 4.00. The third kappa shape index (κ3) is 3.79. The zero-order valence-corrected chi connectivity index (χ0v) is 21.2. The van der Waals surface area contributed by atoms with Gasteiger partial charge in [-0.25, -0.2) is 23.1 Å². The summed E-state index contributed by atoms with van der Waals surface area (Å²) in [4.78, 5) is 21.2. The molecule has 1 aromatic carbocycles. The molecule has 0 saturated carbocycles. The van der Waals surface area contributed by atoms with E-state index in [0.29, 0.717) is 36.5 Å². The molecule has 0 spiro atoms. The van der Waals surface area contributed by atoms with Gasteiger partial charge in [-0.1, -0.05) is 11.6 Å². The van der Waals surface area contributed by atoms with Crippen molar-refractivity contribution in [1.82, 2.24) is 19.5 Å². The summed E-state index contributed by atoms with van der Waals surface area (Å²) in [5.41, 5.74) is 0.207. The number of hydrogen-bond acceptors (Lipinski definition) is 5. The van der Waals surface area contributed by atoms with E-state index in [1.165, 1.54) is 18.3 Å². The number of hydrogen-bond donors (Lipinski definition) is 2. The smallest absolute Gasteiger partial charge is 0.322 e. The largest absolute Gasteiger partial charge is 0.391 e. The lowest BCUT2D eigenvalue weighted by molar-refractivity contribution is 0.176. The van der Waals surface area contributed by atoms with Crippen LogP contribution in [0.25, 0.3) is 5.65 Å². The van der Waals surface area contributed by atoms with Crippen LogP contribution >= 0.6 is 0 Å². The molecule has 3 aromatic rings. The van der Waals surface area contributed by atoms with Crippen molar-refractivity contribution in [3.05, 3.63) is 53.9 Å². The van der Waals surface area contributed by atoms with Gasteiger partial charge in [0.05, 0.1) is 12.3 Å². The minimum absolute atomic E-state index is 0.273. The fourth-order valence-electron chi connectivity index (χ4n) is 6.33. The molecule has 15 heteroatoms. The zero-order chi connectivity index (χ0) is 26.0. The van der Waals surface area contributed by atoms with E-state index < -0.39 is 33.7 Å². The van der Waals surface area contributed by atoms with Gasteiger partial charge < -0.3 is 20.2 Å². The molecule has 8 nitrogen and oxygen atoms in total. The highest BCUT2D eigenvalue weighted by atomic mass is 19.1. The average molecular weight is 488 g/mol. The first-order valence-corrected chi connectivity index (χ1v) is 12.2. The minimum Gasteiger partial charge on any atom is -0.391 e. The maximum Gasteiger partial charge on any atom is 0.322 e. The lowest BCUT2D eigenvalue weighted by Gasteiger charge is -2.49. The summed E-state index contributed by atoms with van der Waals surface area (Å²) in [6.45, 7) is 0.748. The summed E-state index contributed by atoms with van der Waals surface area (Å²) in [5.74, 6) is -0.401. The van der Waals surface area contributed by atoms with Crippen LogP contribution in [0.15, 0.2) is 36.7 Å². The molecule has 2 N–H and O–H groups in total. The van der Waals surface area contributed by atoms with Crippen LogP contribution in [0, 0.1) is 11.6 Å². The Bertz CT molecular complexity index is 1360. The molecule has 5 rings (SSSR count). The van der Waals surface area contributed by atoms with E-state index in [2.05, 4.69) is 46.7 Å². The summed E-state index contributed by atoms with van der Waals surface area (Å²) < 4.78 is 31.2. The molecule has 0 bridgehead atoms. The fraction of sp³-hybridized carbons (Fsp3) is 0.381. The number of likely N-dealkylation sites (tertiary alicyclic amines) is 1. The van der Waals surface area contributed by atoms with Gasteiger partial charge in [0.2, 0.25) is 0 Å². The number of amides is 2. The Kier molecular flexibility index (Phi) is 5.70. The van der Waals surface area contributed by atoms with Crippen LogP contribution in [-0.2, 0) is 5.44 Å². The van der Waals surface area contributed by atoms with E-state index in [-0.39, 0.29) is 18.1 Å². The molecule has 2 aromatic heterocycles. The van der Waals surface area contributed by atoms with E-state index in [9.17, 15) is 14.3 Å². The predicted octanol–water partition coefficient (Wildman–Crippen LogP) is -2.40. The maximum atomic E-state index is 15.2. The predicted molar refractivity (Wildman–Crippen MR) is 147 cm³/mol. The van der Waals surface area contributed by atoms with Gasteiger partial charge in [-0.15, -0.1) is 0 Å². The van der Waals surface area contributed by atoms with Crippen LogP contribution in [0.5, 0.6) is 0 Å². The van der Waals surface area contributed by atoms with Crippen LogP contribution in [0.1, 0.15) is 18.4 Å². The normalized spacial score (nSPS) is 24.9. The Hall–Kier alpha value is -2.95. The number of nitrogens with zero attached hydrogens (tertiary/aromatic N) is 5. The number of fused-ring (bicyclic) bond motifs is 1. The lowest BCUT2D eigenvalue weighted by atomic mass is 9.37. The van der Waals surface area contributed by atoms with Crippen molar-refractivity contribution in [3.63, 3.8) is 0 Å². The lowest BCUT2D eigenvalue weighted by Crippen LogP contribution is -2.57. The Balaban J connectivity index is 1.60. The highest BCUT2D eigenvalue weighted by Crippen LogP contribution is 2.58. The second kappa shape index (κ2) is 8.29. The van der Waals surface area contributed by atoms with E-state index in [0.717, 1.165) is 6.07 Å². The number of aliphatic hydroxyl groups excluding tert-OH is 1. The van der Waals surface area contributed by atoms with Crippen LogP contribution in [0.2, 0.25) is 5.21 Å². The Labute approximate surface area is 212 Å². The van der Waals surface area contributed by atoms with E-state index >= 15 is 4.39 Å². The number of urea groups is 1. The van der Waals surface area contributed by atoms with Crippen LogP contribution in [0.4, 0.5) is 25.1 Å². The Morgan fingerprint density at radius 2 is 1.92 bits per heavy atom. The third-order valence-electron chi connectivity index (χ3n) is 7.97. The first-order chi connectivity index (χ1) is 16.8. The molecule has 2 aliphatic heterocycles. The van der Waals surface area contributed by atoms with Crippen molar-refractivity contribution in [3.8, 4) is 0 Å². The second-order valence-corrected chi connectivity index (χ2v) is 11.3. The first-order valence-electron chi connectivity index (χ1n) is 12.2. The SMILES string of the molecule is BC1(B)CC(B)(B)C(B)(c2cc(F)ccc2F)N1c1ccn2ncc(NC(=O)N3CC[C@H](O)C3)c2n1. The van der Waals surface area contributed by atoms with Gasteiger partial charge in [-0.05, 0) is 36.0 Å². The fourth-order valence-corrected chi connectivity index (χ4v) is 6.33. The number of halogens is 2. The molecule has 1 unspecified atom stereocenters. The first kappa shape index (κ1) is 24.7. The highest BCUT2D eigenvalue weighted by molar-refractivity contribution is 6.51. The van der Waals surface area contributed by atoms with Crippen molar-refractivity contribution in [2.75, 3.05) is 23.3 Å². The third-order valence-corrected chi connectivity index (χ3v) is 7.97. The quantitative estimate of drug-likeness (QED) is 0.403. The number of anilines is 2. The minimum atomic E-state index is -0.927. The Morgan fingerprint density at radius 3 is 2.61 bits per heavy atom. The standard InChI is InChI=1S/C21H27B5F2N6O2/c22-19(23)10-20(24,25)34(21(19,26)13-7-11(27)1-2-14(13)28)16-4-6-33-17(31-16)15(8-29-33)30-18(36)32-5-3-12(35)9-32/h1-2,4,6-8,12,35H,3,5,9-10,22-26H2,(H,30,36)/t12-,21?/m0/s1. The van der Waals surface area contributed by atoms with Gasteiger partial charge in [0, 0.05) is 30.3 Å². The van der Waals surface area contributed by atoms with Gasteiger partial charge in [0.15, 0.2) is 5.65 Å². The molecule has 2 amide bonds. The maximum absolute atomic E-state index is 15.2. The van der Waals surface area contributed by atoms with E-state index in [1.54, 1.807) is 21.7 Å².